The first-order valence-corrected chi connectivity index (χ1v) is 8.55. The number of hydrogen-bond acceptors (Lipinski definition) is 3. The summed E-state index contributed by atoms with van der Waals surface area (Å²) in [5, 5.41) is 9.75. The van der Waals surface area contributed by atoms with E-state index in [0.717, 1.165) is 17.0 Å². The van der Waals surface area contributed by atoms with Gasteiger partial charge < -0.3 is 15.0 Å². The Morgan fingerprint density at radius 2 is 1.81 bits per heavy atom. The molecular formula is C21H18N4O2. The molecule has 0 spiro atoms. The summed E-state index contributed by atoms with van der Waals surface area (Å²) < 4.78 is 5.75. The van der Waals surface area contributed by atoms with Crippen molar-refractivity contribution >= 4 is 11.6 Å². The third-order valence-electron chi connectivity index (χ3n) is 4.06. The maximum absolute atomic E-state index is 12.4. The summed E-state index contributed by atoms with van der Waals surface area (Å²) in [6, 6.07) is 22.7. The fourth-order valence-electron chi connectivity index (χ4n) is 2.64. The minimum absolute atomic E-state index is 0.252. The van der Waals surface area contributed by atoms with Gasteiger partial charge in [0.25, 0.3) is 5.91 Å². The van der Waals surface area contributed by atoms with E-state index in [1.54, 1.807) is 18.2 Å². The number of benzene rings is 2. The smallest absolute Gasteiger partial charge is 0.273 e. The average Bonchev–Trinajstić information content (AvgIpc) is 3.40. The summed E-state index contributed by atoms with van der Waals surface area (Å²) in [6.07, 6.45) is 1.81. The molecule has 0 saturated carbocycles. The van der Waals surface area contributed by atoms with Crippen molar-refractivity contribution in [1.29, 1.82) is 0 Å². The van der Waals surface area contributed by atoms with Crippen LogP contribution in [0.1, 0.15) is 16.1 Å². The monoisotopic (exact) mass is 358 g/mol. The van der Waals surface area contributed by atoms with Crippen LogP contribution in [0.15, 0.2) is 79.0 Å². The Kier molecular flexibility index (Phi) is 4.70. The van der Waals surface area contributed by atoms with Gasteiger partial charge in [-0.15, -0.1) is 0 Å². The van der Waals surface area contributed by atoms with Crippen molar-refractivity contribution in [2.75, 3.05) is 5.32 Å². The van der Waals surface area contributed by atoms with E-state index in [1.807, 2.05) is 60.8 Å². The fraction of sp³-hybridized carbons (Fsp3) is 0.0476. The lowest BCUT2D eigenvalue weighted by atomic mass is 10.2. The zero-order valence-corrected chi connectivity index (χ0v) is 14.5. The maximum atomic E-state index is 12.4. The molecule has 0 aliphatic rings. The van der Waals surface area contributed by atoms with Crippen molar-refractivity contribution in [3.05, 3.63) is 90.3 Å². The number of rotatable bonds is 6. The summed E-state index contributed by atoms with van der Waals surface area (Å²) in [5.74, 6) is 0.491. The highest BCUT2D eigenvalue weighted by Crippen LogP contribution is 2.19. The molecule has 134 valence electrons. The average molecular weight is 358 g/mol. The molecule has 6 nitrogen and oxygen atoms in total. The third kappa shape index (κ3) is 4.07. The van der Waals surface area contributed by atoms with Crippen LogP contribution in [0.25, 0.3) is 11.4 Å². The largest absolute Gasteiger partial charge is 0.489 e. The van der Waals surface area contributed by atoms with Crippen LogP contribution in [-0.4, -0.2) is 21.1 Å². The highest BCUT2D eigenvalue weighted by molar-refractivity contribution is 6.03. The van der Waals surface area contributed by atoms with Crippen molar-refractivity contribution in [3.63, 3.8) is 0 Å². The van der Waals surface area contributed by atoms with Crippen molar-refractivity contribution < 1.29 is 9.53 Å². The Hall–Kier alpha value is -3.80. The summed E-state index contributed by atoms with van der Waals surface area (Å²) in [7, 11) is 0. The van der Waals surface area contributed by atoms with Gasteiger partial charge in [-0.1, -0.05) is 30.3 Å². The lowest BCUT2D eigenvalue weighted by molar-refractivity contribution is 0.102. The first-order valence-electron chi connectivity index (χ1n) is 8.55. The van der Waals surface area contributed by atoms with Crippen molar-refractivity contribution in [2.24, 2.45) is 0 Å². The second-order valence-electron chi connectivity index (χ2n) is 6.00. The number of carbonyl (C=O) groups excluding carboxylic acids is 1. The predicted molar refractivity (Wildman–Crippen MR) is 104 cm³/mol. The van der Waals surface area contributed by atoms with Gasteiger partial charge in [0.05, 0.1) is 5.69 Å². The zero-order valence-electron chi connectivity index (χ0n) is 14.5. The highest BCUT2D eigenvalue weighted by Gasteiger charge is 2.11. The standard InChI is InChI=1S/C21H18N4O2/c26-21(20-13-19(24-25-20)18-7-4-12-22-18)23-16-8-10-17(11-9-16)27-14-15-5-2-1-3-6-15/h1-13,22H,14H2,(H,23,26)(H,24,25). The normalized spacial score (nSPS) is 10.5. The number of hydrogen-bond donors (Lipinski definition) is 3. The van der Waals surface area contributed by atoms with E-state index in [1.165, 1.54) is 0 Å². The summed E-state index contributed by atoms with van der Waals surface area (Å²) in [6.45, 7) is 0.502. The Bertz CT molecular complexity index is 1010. The Morgan fingerprint density at radius 3 is 2.56 bits per heavy atom. The predicted octanol–water partition coefficient (Wildman–Crippen LogP) is 4.24. The molecule has 0 bridgehead atoms. The topological polar surface area (TPSA) is 82.8 Å². The molecule has 0 radical (unpaired) electrons. The van der Waals surface area contributed by atoms with Gasteiger partial charge in [0.1, 0.15) is 23.7 Å². The van der Waals surface area contributed by atoms with Gasteiger partial charge >= 0.3 is 0 Å². The molecule has 0 aliphatic carbocycles. The molecule has 2 heterocycles. The molecule has 2 aromatic heterocycles. The second-order valence-corrected chi connectivity index (χ2v) is 6.00. The first-order chi connectivity index (χ1) is 13.3. The molecule has 0 atom stereocenters. The molecule has 27 heavy (non-hydrogen) atoms. The number of nitrogens with one attached hydrogen (secondary N) is 3. The van der Waals surface area contributed by atoms with E-state index in [9.17, 15) is 4.79 Å². The summed E-state index contributed by atoms with van der Waals surface area (Å²) in [5.41, 5.74) is 3.72. The Balaban J connectivity index is 1.36. The molecular weight excluding hydrogens is 340 g/mol. The lowest BCUT2D eigenvalue weighted by Gasteiger charge is -2.08. The van der Waals surface area contributed by atoms with Crippen LogP contribution in [0.3, 0.4) is 0 Å². The summed E-state index contributed by atoms with van der Waals surface area (Å²) in [4.78, 5) is 15.4. The van der Waals surface area contributed by atoms with E-state index < -0.39 is 0 Å². The fourth-order valence-corrected chi connectivity index (χ4v) is 2.64. The van der Waals surface area contributed by atoms with Crippen LogP contribution in [0.2, 0.25) is 0 Å². The molecule has 2 aromatic carbocycles. The quantitative estimate of drug-likeness (QED) is 0.482. The highest BCUT2D eigenvalue weighted by atomic mass is 16.5. The van der Waals surface area contributed by atoms with E-state index in [4.69, 9.17) is 4.74 Å². The molecule has 1 amide bonds. The number of anilines is 1. The first kappa shape index (κ1) is 16.7. The van der Waals surface area contributed by atoms with Gasteiger partial charge in [-0.2, -0.15) is 5.10 Å². The van der Waals surface area contributed by atoms with Gasteiger partial charge in [-0.25, -0.2) is 0 Å². The number of aromatic nitrogens is 3. The van der Waals surface area contributed by atoms with Crippen molar-refractivity contribution in [3.8, 4) is 17.1 Å². The van der Waals surface area contributed by atoms with Gasteiger partial charge in [0.15, 0.2) is 0 Å². The number of amides is 1. The number of carbonyl (C=O) groups is 1. The minimum Gasteiger partial charge on any atom is -0.489 e. The number of nitrogens with zero attached hydrogens (tertiary/aromatic N) is 1. The van der Waals surface area contributed by atoms with Crippen LogP contribution < -0.4 is 10.1 Å². The second kappa shape index (κ2) is 7.61. The number of H-pyrrole nitrogens is 2. The molecule has 0 fully saturated rings. The van der Waals surface area contributed by atoms with E-state index in [-0.39, 0.29) is 5.91 Å². The Labute approximate surface area is 156 Å². The lowest BCUT2D eigenvalue weighted by Crippen LogP contribution is -2.12. The zero-order chi connectivity index (χ0) is 18.5. The van der Waals surface area contributed by atoms with Gasteiger partial charge in [-0.3, -0.25) is 9.89 Å². The molecule has 0 saturated heterocycles. The van der Waals surface area contributed by atoms with Crippen LogP contribution >= 0.6 is 0 Å². The van der Waals surface area contributed by atoms with Gasteiger partial charge in [0.2, 0.25) is 0 Å². The molecule has 3 N–H and O–H groups in total. The molecule has 0 unspecified atom stereocenters. The van der Waals surface area contributed by atoms with E-state index in [0.29, 0.717) is 23.7 Å². The molecule has 0 aliphatic heterocycles. The van der Waals surface area contributed by atoms with Crippen LogP contribution in [0.4, 0.5) is 5.69 Å². The van der Waals surface area contributed by atoms with Crippen LogP contribution in [-0.2, 0) is 6.61 Å². The van der Waals surface area contributed by atoms with Crippen LogP contribution in [0.5, 0.6) is 5.75 Å². The van der Waals surface area contributed by atoms with Crippen LogP contribution in [0, 0.1) is 0 Å². The number of ether oxygens (including phenoxy) is 1. The minimum atomic E-state index is -0.252. The third-order valence-corrected chi connectivity index (χ3v) is 4.06. The molecule has 4 rings (SSSR count). The molecule has 6 heteroatoms. The van der Waals surface area contributed by atoms with Gasteiger partial charge in [0, 0.05) is 11.9 Å². The summed E-state index contributed by atoms with van der Waals surface area (Å²) >= 11 is 0. The van der Waals surface area contributed by atoms with E-state index in [2.05, 4.69) is 20.5 Å². The SMILES string of the molecule is O=C(Nc1ccc(OCc2ccccc2)cc1)c1cc(-c2ccc[nH]2)n[nH]1. The van der Waals surface area contributed by atoms with Gasteiger partial charge in [-0.05, 0) is 48.0 Å². The maximum Gasteiger partial charge on any atom is 0.273 e. The Morgan fingerprint density at radius 1 is 1.00 bits per heavy atom. The van der Waals surface area contributed by atoms with Crippen molar-refractivity contribution in [2.45, 2.75) is 6.61 Å². The van der Waals surface area contributed by atoms with Crippen molar-refractivity contribution in [1.82, 2.24) is 15.2 Å². The van der Waals surface area contributed by atoms with E-state index >= 15 is 0 Å². The molecule has 4 aromatic rings. The number of aromatic amines is 2.